The van der Waals surface area contributed by atoms with Crippen LogP contribution in [0.5, 0.6) is 5.75 Å². The van der Waals surface area contributed by atoms with Crippen LogP contribution in [0.3, 0.4) is 0 Å². The van der Waals surface area contributed by atoms with Crippen LogP contribution < -0.4 is 10.5 Å². The largest absolute Gasteiger partial charge is 0.489 e. The van der Waals surface area contributed by atoms with Crippen LogP contribution in [0.25, 0.3) is 0 Å². The van der Waals surface area contributed by atoms with E-state index in [0.29, 0.717) is 12.4 Å². The van der Waals surface area contributed by atoms with Crippen molar-refractivity contribution >= 4 is 21.7 Å². The predicted molar refractivity (Wildman–Crippen MR) is 71.9 cm³/mol. The first-order valence-corrected chi connectivity index (χ1v) is 6.04. The van der Waals surface area contributed by atoms with Crippen molar-refractivity contribution in [2.24, 2.45) is 0 Å². The number of rotatable bonds is 3. The van der Waals surface area contributed by atoms with Crippen LogP contribution in [0.1, 0.15) is 11.1 Å². The summed E-state index contributed by atoms with van der Waals surface area (Å²) < 4.78 is 6.76. The minimum atomic E-state index is 0.494. The molecule has 1 aromatic heterocycles. The maximum absolute atomic E-state index is 5.68. The molecule has 0 radical (unpaired) electrons. The summed E-state index contributed by atoms with van der Waals surface area (Å²) in [5.74, 6) is 1.36. The smallest absolute Gasteiger partial charge is 0.123 e. The number of benzene rings is 1. The van der Waals surface area contributed by atoms with Gasteiger partial charge in [-0.25, -0.2) is 4.98 Å². The Morgan fingerprint density at radius 1 is 1.29 bits per heavy atom. The van der Waals surface area contributed by atoms with E-state index in [4.69, 9.17) is 10.5 Å². The molecule has 0 fully saturated rings. The zero-order valence-corrected chi connectivity index (χ0v) is 11.1. The van der Waals surface area contributed by atoms with Crippen molar-refractivity contribution in [3.05, 3.63) is 52.1 Å². The van der Waals surface area contributed by atoms with Crippen molar-refractivity contribution in [3.63, 3.8) is 0 Å². The highest BCUT2D eigenvalue weighted by atomic mass is 79.9. The summed E-state index contributed by atoms with van der Waals surface area (Å²) in [4.78, 5) is 3.94. The van der Waals surface area contributed by atoms with E-state index in [1.54, 1.807) is 6.20 Å². The lowest BCUT2D eigenvalue weighted by Crippen LogP contribution is -1.98. The minimum Gasteiger partial charge on any atom is -0.489 e. The molecule has 4 heteroatoms. The van der Waals surface area contributed by atoms with Crippen LogP contribution in [-0.2, 0) is 6.61 Å². The quantitative estimate of drug-likeness (QED) is 0.944. The number of aryl methyl sites for hydroxylation is 1. The van der Waals surface area contributed by atoms with E-state index in [-0.39, 0.29) is 0 Å². The van der Waals surface area contributed by atoms with Gasteiger partial charge in [0.1, 0.15) is 18.2 Å². The van der Waals surface area contributed by atoms with Gasteiger partial charge in [0, 0.05) is 10.7 Å². The third-order valence-corrected chi connectivity index (χ3v) is 3.27. The molecule has 2 aromatic rings. The molecule has 0 atom stereocenters. The van der Waals surface area contributed by atoms with Gasteiger partial charge in [-0.2, -0.15) is 0 Å². The number of halogens is 1. The van der Waals surface area contributed by atoms with Gasteiger partial charge < -0.3 is 10.5 Å². The Hall–Kier alpha value is -1.55. The summed E-state index contributed by atoms with van der Waals surface area (Å²) in [6.07, 6.45) is 1.68. The second-order valence-corrected chi connectivity index (χ2v) is 4.64. The van der Waals surface area contributed by atoms with E-state index >= 15 is 0 Å². The predicted octanol–water partition coefficient (Wildman–Crippen LogP) is 3.31. The highest BCUT2D eigenvalue weighted by Gasteiger charge is 1.99. The number of ether oxygens (including phenoxy) is 1. The van der Waals surface area contributed by atoms with Crippen LogP contribution in [-0.4, -0.2) is 4.98 Å². The molecule has 3 nitrogen and oxygen atoms in total. The lowest BCUT2D eigenvalue weighted by Gasteiger charge is -2.08. The summed E-state index contributed by atoms with van der Waals surface area (Å²) in [7, 11) is 0. The van der Waals surface area contributed by atoms with E-state index in [1.165, 1.54) is 0 Å². The van der Waals surface area contributed by atoms with Gasteiger partial charge in [0.05, 0.1) is 0 Å². The molecule has 0 aliphatic heterocycles. The van der Waals surface area contributed by atoms with Crippen LogP contribution in [0.4, 0.5) is 5.82 Å². The third-order valence-electron chi connectivity index (χ3n) is 2.38. The molecule has 1 aromatic carbocycles. The molecular formula is C13H13BrN2O. The lowest BCUT2D eigenvalue weighted by molar-refractivity contribution is 0.306. The summed E-state index contributed by atoms with van der Waals surface area (Å²) in [5.41, 5.74) is 7.76. The van der Waals surface area contributed by atoms with Crippen molar-refractivity contribution < 1.29 is 4.74 Å². The van der Waals surface area contributed by atoms with E-state index in [9.17, 15) is 0 Å². The number of nitrogens with two attached hydrogens (primary N) is 1. The first-order chi connectivity index (χ1) is 8.15. The third kappa shape index (κ3) is 3.20. The number of anilines is 1. The van der Waals surface area contributed by atoms with Crippen molar-refractivity contribution in [1.82, 2.24) is 4.98 Å². The molecule has 0 amide bonds. The number of hydrogen-bond acceptors (Lipinski definition) is 3. The highest BCUT2D eigenvalue weighted by Crippen LogP contribution is 2.22. The Kier molecular flexibility index (Phi) is 3.64. The van der Waals surface area contributed by atoms with Crippen molar-refractivity contribution in [2.75, 3.05) is 5.73 Å². The highest BCUT2D eigenvalue weighted by molar-refractivity contribution is 9.10. The van der Waals surface area contributed by atoms with Crippen LogP contribution >= 0.6 is 15.9 Å². The molecule has 2 rings (SSSR count). The second-order valence-electron chi connectivity index (χ2n) is 3.79. The maximum atomic E-state index is 5.68. The Morgan fingerprint density at radius 2 is 2.12 bits per heavy atom. The second kappa shape index (κ2) is 5.19. The number of nitrogens with zero attached hydrogens (tertiary/aromatic N) is 1. The Labute approximate surface area is 109 Å². The zero-order valence-electron chi connectivity index (χ0n) is 9.48. The molecule has 0 unspecified atom stereocenters. The summed E-state index contributed by atoms with van der Waals surface area (Å²) >= 11 is 3.45. The van der Waals surface area contributed by atoms with Gasteiger partial charge in [-0.3, -0.25) is 0 Å². The Balaban J connectivity index is 2.05. The van der Waals surface area contributed by atoms with Gasteiger partial charge in [-0.15, -0.1) is 0 Å². The van der Waals surface area contributed by atoms with Gasteiger partial charge in [-0.1, -0.05) is 15.9 Å². The molecule has 17 heavy (non-hydrogen) atoms. The average molecular weight is 293 g/mol. The Morgan fingerprint density at radius 3 is 2.82 bits per heavy atom. The molecule has 0 aliphatic carbocycles. The van der Waals surface area contributed by atoms with Crippen molar-refractivity contribution in [2.45, 2.75) is 13.5 Å². The topological polar surface area (TPSA) is 48.1 Å². The van der Waals surface area contributed by atoms with Crippen molar-refractivity contribution in [1.29, 1.82) is 0 Å². The molecule has 0 spiro atoms. The van der Waals surface area contributed by atoms with E-state index < -0.39 is 0 Å². The summed E-state index contributed by atoms with van der Waals surface area (Å²) in [6.45, 7) is 2.52. The number of hydrogen-bond donors (Lipinski definition) is 1. The monoisotopic (exact) mass is 292 g/mol. The fraction of sp³-hybridized carbons (Fsp3) is 0.154. The molecule has 88 valence electrons. The van der Waals surface area contributed by atoms with Crippen LogP contribution in [0.15, 0.2) is 41.0 Å². The minimum absolute atomic E-state index is 0.494. The van der Waals surface area contributed by atoms with Gasteiger partial charge in [0.15, 0.2) is 0 Å². The van der Waals surface area contributed by atoms with Gasteiger partial charge in [0.2, 0.25) is 0 Å². The molecule has 0 aliphatic rings. The van der Waals surface area contributed by atoms with Crippen LogP contribution in [0.2, 0.25) is 0 Å². The molecular weight excluding hydrogens is 280 g/mol. The zero-order chi connectivity index (χ0) is 12.3. The Bertz CT molecular complexity index is 529. The van der Waals surface area contributed by atoms with Gasteiger partial charge in [-0.05, 0) is 48.4 Å². The standard InChI is InChI=1S/C13H13BrN2O/c1-9-6-11(2-3-12(9)14)17-8-10-4-5-16-13(15)7-10/h2-7H,8H2,1H3,(H2,15,16). The summed E-state index contributed by atoms with van der Waals surface area (Å²) in [5, 5.41) is 0. The first-order valence-electron chi connectivity index (χ1n) is 5.24. The van der Waals surface area contributed by atoms with Gasteiger partial charge in [0.25, 0.3) is 0 Å². The molecule has 0 saturated heterocycles. The van der Waals surface area contributed by atoms with Crippen molar-refractivity contribution in [3.8, 4) is 5.75 Å². The number of nitrogen functional groups attached to an aromatic ring is 1. The fourth-order valence-corrected chi connectivity index (χ4v) is 1.70. The van der Waals surface area contributed by atoms with E-state index in [0.717, 1.165) is 21.3 Å². The first kappa shape index (κ1) is 11.9. The summed E-state index contributed by atoms with van der Waals surface area (Å²) in [6, 6.07) is 9.61. The SMILES string of the molecule is Cc1cc(OCc2ccnc(N)c2)ccc1Br. The molecule has 2 N–H and O–H groups in total. The number of pyridine rings is 1. The van der Waals surface area contributed by atoms with Crippen LogP contribution in [0, 0.1) is 6.92 Å². The van der Waals surface area contributed by atoms with Gasteiger partial charge >= 0.3 is 0 Å². The van der Waals surface area contributed by atoms with E-state index in [1.807, 2.05) is 37.3 Å². The fourth-order valence-electron chi connectivity index (χ4n) is 1.46. The average Bonchev–Trinajstić information content (AvgIpc) is 2.31. The molecule has 0 bridgehead atoms. The lowest BCUT2D eigenvalue weighted by atomic mass is 10.2. The maximum Gasteiger partial charge on any atom is 0.123 e. The molecule has 1 heterocycles. The van der Waals surface area contributed by atoms with E-state index in [2.05, 4.69) is 20.9 Å². The molecule has 0 saturated carbocycles. The normalized spacial score (nSPS) is 10.2. The number of aromatic nitrogens is 1.